The van der Waals surface area contributed by atoms with E-state index in [9.17, 15) is 14.0 Å². The second-order valence-electron chi connectivity index (χ2n) is 6.34. The Hall–Kier alpha value is -2.50. The fraction of sp³-hybridized carbons (Fsp3) is 0.421. The molecule has 1 aliphatic heterocycles. The van der Waals surface area contributed by atoms with E-state index in [-0.39, 0.29) is 23.4 Å². The van der Waals surface area contributed by atoms with Gasteiger partial charge in [-0.15, -0.1) is 0 Å². The van der Waals surface area contributed by atoms with Crippen molar-refractivity contribution in [2.24, 2.45) is 0 Å². The number of rotatable bonds is 4. The Morgan fingerprint density at radius 3 is 3.00 bits per heavy atom. The summed E-state index contributed by atoms with van der Waals surface area (Å²) in [7, 11) is 0. The van der Waals surface area contributed by atoms with E-state index in [1.165, 1.54) is 12.3 Å². The van der Waals surface area contributed by atoms with Crippen LogP contribution in [0.25, 0.3) is 10.9 Å². The van der Waals surface area contributed by atoms with Gasteiger partial charge in [0.05, 0.1) is 5.56 Å². The van der Waals surface area contributed by atoms with Gasteiger partial charge >= 0.3 is 0 Å². The number of amides is 2. The lowest BCUT2D eigenvalue weighted by molar-refractivity contribution is -0.122. The van der Waals surface area contributed by atoms with Gasteiger partial charge in [-0.3, -0.25) is 14.6 Å². The molecular formula is C19H22FN3O2. The van der Waals surface area contributed by atoms with Crippen molar-refractivity contribution in [2.45, 2.75) is 38.6 Å². The summed E-state index contributed by atoms with van der Waals surface area (Å²) in [5.41, 5.74) is 0.692. The van der Waals surface area contributed by atoms with Gasteiger partial charge in [-0.1, -0.05) is 12.1 Å². The molecule has 1 atom stereocenters. The maximum atomic E-state index is 13.7. The number of halogens is 1. The number of likely N-dealkylation sites (tertiary alicyclic amines) is 1. The van der Waals surface area contributed by atoms with E-state index >= 15 is 0 Å². The van der Waals surface area contributed by atoms with Gasteiger partial charge in [0, 0.05) is 37.1 Å². The standard InChI is InChI=1S/C19H22FN3O2/c1-2-21-17(24)11-15-7-3-4-9-23(15)19(25)14-10-13-6-5-8-16(20)18(13)22-12-14/h5-6,8,10,12,15H,2-4,7,9,11H2,1H3,(H,21,24). The van der Waals surface area contributed by atoms with Crippen LogP contribution in [0.3, 0.4) is 0 Å². The minimum atomic E-state index is -0.399. The number of nitrogens with zero attached hydrogens (tertiary/aromatic N) is 2. The van der Waals surface area contributed by atoms with Crippen LogP contribution in [0.1, 0.15) is 43.0 Å². The molecule has 0 radical (unpaired) electrons. The van der Waals surface area contributed by atoms with Gasteiger partial charge in [0.1, 0.15) is 11.3 Å². The summed E-state index contributed by atoms with van der Waals surface area (Å²) < 4.78 is 13.7. The summed E-state index contributed by atoms with van der Waals surface area (Å²) in [6.45, 7) is 3.09. The fourth-order valence-corrected chi connectivity index (χ4v) is 3.37. The smallest absolute Gasteiger partial charge is 0.255 e. The molecule has 6 heteroatoms. The molecule has 1 aromatic heterocycles. The Kier molecular flexibility index (Phi) is 5.26. The summed E-state index contributed by atoms with van der Waals surface area (Å²) in [6, 6.07) is 6.27. The Morgan fingerprint density at radius 2 is 2.20 bits per heavy atom. The molecule has 1 N–H and O–H groups in total. The number of piperidine rings is 1. The number of carbonyl (C=O) groups is 2. The number of nitrogens with one attached hydrogen (secondary N) is 1. The van der Waals surface area contributed by atoms with Gasteiger partial charge in [-0.2, -0.15) is 0 Å². The molecule has 2 aromatic rings. The third kappa shape index (κ3) is 3.78. The SMILES string of the molecule is CCNC(=O)CC1CCCCN1C(=O)c1cnc2c(F)cccc2c1. The highest BCUT2D eigenvalue weighted by Gasteiger charge is 2.29. The molecule has 2 amide bonds. The minimum absolute atomic E-state index is 0.0362. The third-order valence-corrected chi connectivity index (χ3v) is 4.59. The summed E-state index contributed by atoms with van der Waals surface area (Å²) in [4.78, 5) is 30.7. The molecule has 1 unspecified atom stereocenters. The first-order valence-electron chi connectivity index (χ1n) is 8.72. The monoisotopic (exact) mass is 343 g/mol. The molecule has 0 saturated carbocycles. The Morgan fingerprint density at radius 1 is 1.36 bits per heavy atom. The number of carbonyl (C=O) groups excluding carboxylic acids is 2. The minimum Gasteiger partial charge on any atom is -0.356 e. The summed E-state index contributed by atoms with van der Waals surface area (Å²) in [6.07, 6.45) is 4.49. The lowest BCUT2D eigenvalue weighted by Crippen LogP contribution is -2.46. The van der Waals surface area contributed by atoms with Gasteiger partial charge < -0.3 is 10.2 Å². The highest BCUT2D eigenvalue weighted by molar-refractivity contribution is 5.97. The number of fused-ring (bicyclic) bond motifs is 1. The number of aromatic nitrogens is 1. The first kappa shape index (κ1) is 17.3. The van der Waals surface area contributed by atoms with Crippen LogP contribution in [0.15, 0.2) is 30.5 Å². The molecule has 0 spiro atoms. The number of para-hydroxylation sites is 1. The van der Waals surface area contributed by atoms with Crippen LogP contribution < -0.4 is 5.32 Å². The highest BCUT2D eigenvalue weighted by atomic mass is 19.1. The van der Waals surface area contributed by atoms with E-state index in [1.54, 1.807) is 23.1 Å². The molecule has 1 aromatic carbocycles. The largest absolute Gasteiger partial charge is 0.356 e. The van der Waals surface area contributed by atoms with E-state index < -0.39 is 5.82 Å². The van der Waals surface area contributed by atoms with Gasteiger partial charge in [-0.25, -0.2) is 4.39 Å². The van der Waals surface area contributed by atoms with Crippen molar-refractivity contribution in [3.05, 3.63) is 41.8 Å². The molecule has 25 heavy (non-hydrogen) atoms. The van der Waals surface area contributed by atoms with E-state index in [0.717, 1.165) is 19.3 Å². The van der Waals surface area contributed by atoms with Gasteiger partial charge in [0.2, 0.25) is 5.91 Å². The van der Waals surface area contributed by atoms with Crippen molar-refractivity contribution in [3.8, 4) is 0 Å². The molecule has 1 aliphatic rings. The van der Waals surface area contributed by atoms with Crippen LogP contribution in [-0.4, -0.2) is 40.8 Å². The van der Waals surface area contributed by atoms with E-state index in [4.69, 9.17) is 0 Å². The van der Waals surface area contributed by atoms with Crippen LogP contribution in [0.2, 0.25) is 0 Å². The van der Waals surface area contributed by atoms with Crippen molar-refractivity contribution in [1.29, 1.82) is 0 Å². The zero-order chi connectivity index (χ0) is 17.8. The average Bonchev–Trinajstić information content (AvgIpc) is 2.62. The van der Waals surface area contributed by atoms with Crippen molar-refractivity contribution in [2.75, 3.05) is 13.1 Å². The maximum absolute atomic E-state index is 13.7. The van der Waals surface area contributed by atoms with E-state index in [1.807, 2.05) is 6.92 Å². The van der Waals surface area contributed by atoms with Crippen LogP contribution in [0, 0.1) is 5.82 Å². The summed E-state index contributed by atoms with van der Waals surface area (Å²) in [5, 5.41) is 3.39. The molecule has 0 bridgehead atoms. The van der Waals surface area contributed by atoms with Crippen molar-refractivity contribution < 1.29 is 14.0 Å². The van der Waals surface area contributed by atoms with Crippen LogP contribution in [-0.2, 0) is 4.79 Å². The Labute approximate surface area is 146 Å². The third-order valence-electron chi connectivity index (χ3n) is 4.59. The van der Waals surface area contributed by atoms with Crippen LogP contribution in [0.5, 0.6) is 0 Å². The number of hydrogen-bond donors (Lipinski definition) is 1. The first-order valence-corrected chi connectivity index (χ1v) is 8.72. The van der Waals surface area contributed by atoms with Gasteiger partial charge in [0.15, 0.2) is 0 Å². The summed E-state index contributed by atoms with van der Waals surface area (Å²) in [5.74, 6) is -0.581. The molecule has 3 rings (SSSR count). The topological polar surface area (TPSA) is 62.3 Å². The predicted molar refractivity (Wildman–Crippen MR) is 93.7 cm³/mol. The quantitative estimate of drug-likeness (QED) is 0.928. The second kappa shape index (κ2) is 7.59. The number of hydrogen-bond acceptors (Lipinski definition) is 3. The Balaban J connectivity index is 1.83. The lowest BCUT2D eigenvalue weighted by Gasteiger charge is -2.35. The zero-order valence-corrected chi connectivity index (χ0v) is 14.3. The van der Waals surface area contributed by atoms with Crippen LogP contribution >= 0.6 is 0 Å². The van der Waals surface area contributed by atoms with Gasteiger partial charge in [-0.05, 0) is 38.3 Å². The van der Waals surface area contributed by atoms with Crippen molar-refractivity contribution in [3.63, 3.8) is 0 Å². The Bertz CT molecular complexity index is 793. The van der Waals surface area contributed by atoms with Gasteiger partial charge in [0.25, 0.3) is 5.91 Å². The van der Waals surface area contributed by atoms with Crippen molar-refractivity contribution >= 4 is 22.7 Å². The molecule has 5 nitrogen and oxygen atoms in total. The molecule has 2 heterocycles. The first-order chi connectivity index (χ1) is 12.1. The highest BCUT2D eigenvalue weighted by Crippen LogP contribution is 2.23. The average molecular weight is 343 g/mol. The fourth-order valence-electron chi connectivity index (χ4n) is 3.37. The van der Waals surface area contributed by atoms with E-state index in [0.29, 0.717) is 30.5 Å². The second-order valence-corrected chi connectivity index (χ2v) is 6.34. The van der Waals surface area contributed by atoms with Crippen LogP contribution in [0.4, 0.5) is 4.39 Å². The number of benzene rings is 1. The molecule has 132 valence electrons. The molecule has 1 fully saturated rings. The lowest BCUT2D eigenvalue weighted by atomic mass is 9.98. The summed E-state index contributed by atoms with van der Waals surface area (Å²) >= 11 is 0. The van der Waals surface area contributed by atoms with E-state index in [2.05, 4.69) is 10.3 Å². The normalized spacial score (nSPS) is 17.5. The molecule has 0 aliphatic carbocycles. The number of pyridine rings is 1. The van der Waals surface area contributed by atoms with Crippen molar-refractivity contribution in [1.82, 2.24) is 15.2 Å². The zero-order valence-electron chi connectivity index (χ0n) is 14.3. The molecule has 1 saturated heterocycles. The predicted octanol–water partition coefficient (Wildman–Crippen LogP) is 2.89. The maximum Gasteiger partial charge on any atom is 0.255 e. The molecular weight excluding hydrogens is 321 g/mol.